The molecule has 1 atom stereocenters. The van der Waals surface area contributed by atoms with Gasteiger partial charge in [0.1, 0.15) is 0 Å². The summed E-state index contributed by atoms with van der Waals surface area (Å²) in [6, 6.07) is 10.2. The van der Waals surface area contributed by atoms with E-state index >= 15 is 0 Å². The number of amides is 3. The number of hydrogen-bond acceptors (Lipinski definition) is 3. The van der Waals surface area contributed by atoms with E-state index in [0.717, 1.165) is 45.4 Å². The molecule has 2 aliphatic heterocycles. The predicted octanol–water partition coefficient (Wildman–Crippen LogP) is 1.91. The minimum absolute atomic E-state index is 0.0251. The average molecular weight is 358 g/mol. The average Bonchev–Trinajstić information content (AvgIpc) is 2.87. The molecule has 2 fully saturated rings. The fourth-order valence-corrected chi connectivity index (χ4v) is 3.82. The van der Waals surface area contributed by atoms with Crippen LogP contribution in [0, 0.1) is 0 Å². The Morgan fingerprint density at radius 2 is 1.92 bits per heavy atom. The van der Waals surface area contributed by atoms with Gasteiger partial charge in [-0.15, -0.1) is 0 Å². The van der Waals surface area contributed by atoms with Crippen molar-refractivity contribution in [1.82, 2.24) is 20.0 Å². The Balaban J connectivity index is 1.53. The van der Waals surface area contributed by atoms with E-state index < -0.39 is 0 Å². The zero-order chi connectivity index (χ0) is 18.4. The van der Waals surface area contributed by atoms with E-state index in [4.69, 9.17) is 0 Å². The zero-order valence-electron chi connectivity index (χ0n) is 15.7. The molecule has 26 heavy (non-hydrogen) atoms. The predicted molar refractivity (Wildman–Crippen MR) is 102 cm³/mol. The molecular formula is C20H30N4O2. The second-order valence-electron chi connectivity index (χ2n) is 7.16. The first-order valence-corrected chi connectivity index (χ1v) is 9.78. The monoisotopic (exact) mass is 358 g/mol. The van der Waals surface area contributed by atoms with Crippen LogP contribution in [0.25, 0.3) is 0 Å². The van der Waals surface area contributed by atoms with Crippen molar-refractivity contribution in [3.63, 3.8) is 0 Å². The van der Waals surface area contributed by atoms with Crippen LogP contribution in [0.5, 0.6) is 0 Å². The molecule has 2 heterocycles. The lowest BCUT2D eigenvalue weighted by molar-refractivity contribution is -0.132. The molecular weight excluding hydrogens is 328 g/mol. The number of nitrogens with zero attached hydrogens (tertiary/aromatic N) is 3. The van der Waals surface area contributed by atoms with Gasteiger partial charge in [0.25, 0.3) is 0 Å². The van der Waals surface area contributed by atoms with E-state index in [-0.39, 0.29) is 18.0 Å². The molecule has 0 unspecified atom stereocenters. The fourth-order valence-electron chi connectivity index (χ4n) is 3.82. The van der Waals surface area contributed by atoms with E-state index in [1.165, 1.54) is 5.56 Å². The van der Waals surface area contributed by atoms with Crippen LogP contribution in [0.4, 0.5) is 4.79 Å². The van der Waals surface area contributed by atoms with Crippen molar-refractivity contribution in [2.45, 2.75) is 38.8 Å². The zero-order valence-corrected chi connectivity index (χ0v) is 15.7. The molecule has 1 aromatic rings. The second kappa shape index (κ2) is 9.03. The molecule has 1 N–H and O–H groups in total. The Hall–Kier alpha value is -2.08. The molecule has 3 amide bonds. The smallest absolute Gasteiger partial charge is 0.317 e. The number of carbonyl (C=O) groups excluding carboxylic acids is 2. The summed E-state index contributed by atoms with van der Waals surface area (Å²) >= 11 is 0. The van der Waals surface area contributed by atoms with Gasteiger partial charge in [-0.1, -0.05) is 37.3 Å². The second-order valence-corrected chi connectivity index (χ2v) is 7.16. The summed E-state index contributed by atoms with van der Waals surface area (Å²) in [5.74, 6) is 0.234. The summed E-state index contributed by atoms with van der Waals surface area (Å²) in [5, 5.41) is 2.95. The van der Waals surface area contributed by atoms with Gasteiger partial charge in [-0.25, -0.2) is 4.79 Å². The molecule has 6 heteroatoms. The van der Waals surface area contributed by atoms with Gasteiger partial charge in [0.2, 0.25) is 5.91 Å². The van der Waals surface area contributed by atoms with Gasteiger partial charge in [0.15, 0.2) is 0 Å². The summed E-state index contributed by atoms with van der Waals surface area (Å²) in [4.78, 5) is 31.2. The number of rotatable bonds is 5. The van der Waals surface area contributed by atoms with Crippen molar-refractivity contribution >= 4 is 11.9 Å². The fraction of sp³-hybridized carbons (Fsp3) is 0.600. The van der Waals surface area contributed by atoms with Crippen LogP contribution in [-0.4, -0.2) is 71.9 Å². The minimum atomic E-state index is -0.0302. The molecule has 142 valence electrons. The molecule has 2 saturated heterocycles. The third-order valence-electron chi connectivity index (χ3n) is 5.27. The largest absolute Gasteiger partial charge is 0.338 e. The van der Waals surface area contributed by atoms with E-state index in [1.54, 1.807) is 0 Å². The number of hydrogen-bond donors (Lipinski definition) is 1. The third-order valence-corrected chi connectivity index (χ3v) is 5.27. The van der Waals surface area contributed by atoms with Crippen molar-refractivity contribution in [1.29, 1.82) is 0 Å². The lowest BCUT2D eigenvalue weighted by Gasteiger charge is -2.26. The summed E-state index contributed by atoms with van der Waals surface area (Å²) in [6.07, 6.45) is 2.75. The SMILES string of the molecule is CCCNC(=O)N1CCCN([C@H]2CCN(Cc3ccccc3)C2=O)CC1. The molecule has 3 rings (SSSR count). The van der Waals surface area contributed by atoms with Gasteiger partial charge in [-0.05, 0) is 24.8 Å². The number of benzene rings is 1. The first-order valence-electron chi connectivity index (χ1n) is 9.78. The Kier molecular flexibility index (Phi) is 6.50. The molecule has 2 aliphatic rings. The lowest BCUT2D eigenvalue weighted by atomic mass is 10.2. The normalized spacial score (nSPS) is 21.7. The minimum Gasteiger partial charge on any atom is -0.338 e. The molecule has 0 bridgehead atoms. The van der Waals surface area contributed by atoms with Crippen LogP contribution in [0.3, 0.4) is 0 Å². The quantitative estimate of drug-likeness (QED) is 0.875. The number of likely N-dealkylation sites (tertiary alicyclic amines) is 1. The highest BCUT2D eigenvalue weighted by Gasteiger charge is 2.36. The van der Waals surface area contributed by atoms with Crippen molar-refractivity contribution in [2.24, 2.45) is 0 Å². The van der Waals surface area contributed by atoms with Crippen LogP contribution >= 0.6 is 0 Å². The maximum Gasteiger partial charge on any atom is 0.317 e. The number of nitrogens with one attached hydrogen (secondary N) is 1. The van der Waals surface area contributed by atoms with E-state index in [2.05, 4.69) is 29.3 Å². The van der Waals surface area contributed by atoms with Crippen LogP contribution in [0.1, 0.15) is 31.7 Å². The molecule has 0 radical (unpaired) electrons. The standard InChI is InChI=1S/C20H30N4O2/c1-2-10-21-20(26)23-12-6-11-22(14-15-23)18-9-13-24(19(18)25)16-17-7-4-3-5-8-17/h3-5,7-8,18H,2,6,9-16H2,1H3,(H,21,26)/t18-/m0/s1. The summed E-state index contributed by atoms with van der Waals surface area (Å²) in [6.45, 7) is 7.39. The molecule has 0 aliphatic carbocycles. The van der Waals surface area contributed by atoms with E-state index in [0.29, 0.717) is 19.6 Å². The van der Waals surface area contributed by atoms with Crippen molar-refractivity contribution < 1.29 is 9.59 Å². The van der Waals surface area contributed by atoms with Gasteiger partial charge >= 0.3 is 6.03 Å². The molecule has 1 aromatic carbocycles. The van der Waals surface area contributed by atoms with Crippen LogP contribution in [0.15, 0.2) is 30.3 Å². The lowest BCUT2D eigenvalue weighted by Crippen LogP contribution is -2.45. The van der Waals surface area contributed by atoms with E-state index in [9.17, 15) is 9.59 Å². The highest BCUT2D eigenvalue weighted by molar-refractivity contribution is 5.84. The Morgan fingerprint density at radius 3 is 2.69 bits per heavy atom. The Bertz CT molecular complexity index is 607. The van der Waals surface area contributed by atoms with Crippen LogP contribution in [0.2, 0.25) is 0 Å². The molecule has 0 spiro atoms. The summed E-state index contributed by atoms with van der Waals surface area (Å²) < 4.78 is 0. The highest BCUT2D eigenvalue weighted by Crippen LogP contribution is 2.21. The number of carbonyl (C=O) groups is 2. The Labute approximate surface area is 156 Å². The third kappa shape index (κ3) is 4.55. The first-order chi connectivity index (χ1) is 12.7. The highest BCUT2D eigenvalue weighted by atomic mass is 16.2. The topological polar surface area (TPSA) is 55.9 Å². The Morgan fingerprint density at radius 1 is 1.12 bits per heavy atom. The molecule has 0 saturated carbocycles. The van der Waals surface area contributed by atoms with Crippen LogP contribution in [-0.2, 0) is 11.3 Å². The number of urea groups is 1. The maximum absolute atomic E-state index is 12.9. The van der Waals surface area contributed by atoms with Gasteiger partial charge in [0, 0.05) is 45.8 Å². The van der Waals surface area contributed by atoms with Gasteiger partial charge in [-0.2, -0.15) is 0 Å². The van der Waals surface area contributed by atoms with Gasteiger partial charge < -0.3 is 15.1 Å². The van der Waals surface area contributed by atoms with Crippen LogP contribution < -0.4 is 5.32 Å². The first kappa shape index (κ1) is 18.7. The van der Waals surface area contributed by atoms with Gasteiger partial charge in [-0.3, -0.25) is 9.69 Å². The molecule has 6 nitrogen and oxygen atoms in total. The van der Waals surface area contributed by atoms with E-state index in [1.807, 2.05) is 28.0 Å². The van der Waals surface area contributed by atoms with Crippen molar-refractivity contribution in [2.75, 3.05) is 39.3 Å². The summed E-state index contributed by atoms with van der Waals surface area (Å²) in [7, 11) is 0. The molecule has 0 aromatic heterocycles. The summed E-state index contributed by atoms with van der Waals surface area (Å²) in [5.41, 5.74) is 1.18. The van der Waals surface area contributed by atoms with Gasteiger partial charge in [0.05, 0.1) is 6.04 Å². The van der Waals surface area contributed by atoms with Crippen molar-refractivity contribution in [3.05, 3.63) is 35.9 Å². The van der Waals surface area contributed by atoms with Crippen molar-refractivity contribution in [3.8, 4) is 0 Å². The maximum atomic E-state index is 12.9.